The fourth-order valence-electron chi connectivity index (χ4n) is 8.17. The number of rotatable bonds is 10. The molecule has 2 heteroatoms. The molecule has 0 radical (unpaired) electrons. The molecule has 0 atom stereocenters. The van der Waals surface area contributed by atoms with Gasteiger partial charge in [0.15, 0.2) is 0 Å². The Balaban J connectivity index is 1.23. The van der Waals surface area contributed by atoms with Gasteiger partial charge < -0.3 is 9.80 Å². The number of hydrogen-bond donors (Lipinski definition) is 0. The van der Waals surface area contributed by atoms with Crippen molar-refractivity contribution in [1.29, 1.82) is 0 Å². The fraction of sp³-hybridized carbons (Fsp3) is 0.0847. The van der Waals surface area contributed by atoms with Crippen LogP contribution in [-0.2, 0) is 5.41 Å². The highest BCUT2D eigenvalue weighted by atomic mass is 15.2. The lowest BCUT2D eigenvalue weighted by atomic mass is 9.85. The Hall–Kier alpha value is -7.42. The van der Waals surface area contributed by atoms with Crippen LogP contribution in [0.15, 0.2) is 231 Å². The fourth-order valence-corrected chi connectivity index (χ4v) is 8.17. The molecule has 61 heavy (non-hydrogen) atoms. The van der Waals surface area contributed by atoms with Crippen LogP contribution in [0.2, 0.25) is 0 Å². The van der Waals surface area contributed by atoms with E-state index in [9.17, 15) is 0 Å². The molecule has 0 amide bonds. The molecule has 0 saturated heterocycles. The number of benzene rings is 9. The summed E-state index contributed by atoms with van der Waals surface area (Å²) in [4.78, 5) is 4.87. The lowest BCUT2D eigenvalue weighted by Crippen LogP contribution is -2.19. The summed E-state index contributed by atoms with van der Waals surface area (Å²) < 4.78 is 0. The van der Waals surface area contributed by atoms with Crippen LogP contribution in [0, 0.1) is 6.92 Å². The first-order chi connectivity index (χ1) is 29.8. The van der Waals surface area contributed by atoms with Crippen molar-refractivity contribution in [3.8, 4) is 44.5 Å². The van der Waals surface area contributed by atoms with Crippen molar-refractivity contribution in [1.82, 2.24) is 0 Å². The van der Waals surface area contributed by atoms with Crippen molar-refractivity contribution >= 4 is 34.1 Å². The number of nitrogens with zero attached hydrogens (tertiary/aromatic N) is 2. The van der Waals surface area contributed by atoms with Gasteiger partial charge in [-0.25, -0.2) is 0 Å². The largest absolute Gasteiger partial charge is 0.310 e. The van der Waals surface area contributed by atoms with E-state index in [-0.39, 0.29) is 5.41 Å². The number of hydrogen-bond acceptors (Lipinski definition) is 2. The molecule has 0 aliphatic rings. The average Bonchev–Trinajstić information content (AvgIpc) is 3.32. The van der Waals surface area contributed by atoms with Gasteiger partial charge >= 0.3 is 0 Å². The van der Waals surface area contributed by atoms with E-state index >= 15 is 0 Å². The molecule has 0 N–H and O–H groups in total. The Bertz CT molecular complexity index is 2470. The van der Waals surface area contributed by atoms with E-state index in [1.54, 1.807) is 0 Å². The third-order valence-corrected chi connectivity index (χ3v) is 11.6. The molecular formula is C59H50N2. The summed E-state index contributed by atoms with van der Waals surface area (Å²) in [6, 6.07) is 83.3. The van der Waals surface area contributed by atoms with Crippen molar-refractivity contribution in [2.45, 2.75) is 33.1 Å². The lowest BCUT2D eigenvalue weighted by molar-refractivity contribution is 0.590. The van der Waals surface area contributed by atoms with Crippen molar-refractivity contribution in [3.05, 3.63) is 242 Å². The second-order valence-electron chi connectivity index (χ2n) is 16.7. The van der Waals surface area contributed by atoms with Gasteiger partial charge in [0.2, 0.25) is 0 Å². The minimum Gasteiger partial charge on any atom is -0.310 e. The minimum absolute atomic E-state index is 0.142. The molecule has 2 nitrogen and oxygen atoms in total. The van der Waals surface area contributed by atoms with E-state index < -0.39 is 0 Å². The summed E-state index contributed by atoms with van der Waals surface area (Å²) in [5.41, 5.74) is 18.5. The van der Waals surface area contributed by atoms with Gasteiger partial charge in [-0.15, -0.1) is 0 Å². The van der Waals surface area contributed by atoms with Gasteiger partial charge in [0.1, 0.15) is 0 Å². The lowest BCUT2D eigenvalue weighted by Gasteiger charge is -2.34. The molecule has 296 valence electrons. The normalized spacial score (nSPS) is 11.3. The second kappa shape index (κ2) is 17.0. The summed E-state index contributed by atoms with van der Waals surface area (Å²) in [5.74, 6) is 0. The second-order valence-corrected chi connectivity index (χ2v) is 16.7. The zero-order valence-corrected chi connectivity index (χ0v) is 35.3. The summed E-state index contributed by atoms with van der Waals surface area (Å²) in [6.07, 6.45) is 0. The molecule has 9 aromatic rings. The maximum Gasteiger partial charge on any atom is 0.0514 e. The van der Waals surface area contributed by atoms with Crippen molar-refractivity contribution in [2.75, 3.05) is 9.80 Å². The van der Waals surface area contributed by atoms with Crippen molar-refractivity contribution in [3.63, 3.8) is 0 Å². The van der Waals surface area contributed by atoms with Crippen molar-refractivity contribution < 1.29 is 0 Å². The molecule has 0 spiro atoms. The third-order valence-electron chi connectivity index (χ3n) is 11.6. The van der Waals surface area contributed by atoms with Crippen LogP contribution in [0.5, 0.6) is 0 Å². The van der Waals surface area contributed by atoms with E-state index in [0.29, 0.717) is 0 Å². The standard InChI is InChI=1S/C59H50N2/c1-43-57(60(53-33-25-48(26-34-53)44-17-9-5-10-18-44)54-35-27-49(28-36-54)45-19-11-6-12-20-45)41-52(59(2,3)4)42-58(43)61(55-37-29-50(30-38-55)46-21-13-7-14-22-46)56-39-31-51(32-40-56)47-23-15-8-16-24-47/h5-42H,1-4H3. The zero-order chi connectivity index (χ0) is 41.8. The first-order valence-electron chi connectivity index (χ1n) is 21.2. The Morgan fingerprint density at radius 1 is 0.279 bits per heavy atom. The molecule has 0 aliphatic carbocycles. The summed E-state index contributed by atoms with van der Waals surface area (Å²) in [6.45, 7) is 9.22. The van der Waals surface area contributed by atoms with E-state index in [2.05, 4.69) is 268 Å². The molecule has 0 unspecified atom stereocenters. The SMILES string of the molecule is Cc1c(N(c2ccc(-c3ccccc3)cc2)c2ccc(-c3ccccc3)cc2)cc(C(C)(C)C)cc1N(c1ccc(-c2ccccc2)cc1)c1ccc(-c2ccccc2)cc1. The van der Waals surface area contributed by atoms with Crippen LogP contribution in [0.25, 0.3) is 44.5 Å². The van der Waals surface area contributed by atoms with Gasteiger partial charge in [0, 0.05) is 22.7 Å². The maximum absolute atomic E-state index is 2.44. The van der Waals surface area contributed by atoms with Gasteiger partial charge in [-0.3, -0.25) is 0 Å². The predicted molar refractivity (Wildman–Crippen MR) is 261 cm³/mol. The predicted octanol–water partition coefficient (Wildman–Crippen LogP) is 16.9. The van der Waals surface area contributed by atoms with Crippen LogP contribution in [-0.4, -0.2) is 0 Å². The Kier molecular flexibility index (Phi) is 10.9. The van der Waals surface area contributed by atoms with E-state index in [1.165, 1.54) is 55.6 Å². The number of anilines is 6. The van der Waals surface area contributed by atoms with Crippen LogP contribution < -0.4 is 9.80 Å². The highest BCUT2D eigenvalue weighted by Crippen LogP contribution is 2.47. The molecule has 0 saturated carbocycles. The highest BCUT2D eigenvalue weighted by molar-refractivity contribution is 5.89. The maximum atomic E-state index is 2.44. The molecule has 0 aliphatic heterocycles. The molecule has 0 bridgehead atoms. The quantitative estimate of drug-likeness (QED) is 0.136. The van der Waals surface area contributed by atoms with Crippen molar-refractivity contribution in [2.24, 2.45) is 0 Å². The Morgan fingerprint density at radius 3 is 0.705 bits per heavy atom. The average molecular weight is 787 g/mol. The van der Waals surface area contributed by atoms with Gasteiger partial charge in [0.25, 0.3) is 0 Å². The Morgan fingerprint density at radius 2 is 0.492 bits per heavy atom. The monoisotopic (exact) mass is 786 g/mol. The first-order valence-corrected chi connectivity index (χ1v) is 21.2. The molecule has 9 aromatic carbocycles. The van der Waals surface area contributed by atoms with E-state index in [0.717, 1.165) is 34.1 Å². The third kappa shape index (κ3) is 8.40. The van der Waals surface area contributed by atoms with Crippen LogP contribution in [0.4, 0.5) is 34.1 Å². The summed E-state index contributed by atoms with van der Waals surface area (Å²) >= 11 is 0. The molecule has 0 fully saturated rings. The smallest absolute Gasteiger partial charge is 0.0514 e. The summed E-state index contributed by atoms with van der Waals surface area (Å²) in [7, 11) is 0. The zero-order valence-electron chi connectivity index (χ0n) is 35.3. The van der Waals surface area contributed by atoms with Gasteiger partial charge in [-0.1, -0.05) is 191 Å². The van der Waals surface area contributed by atoms with E-state index in [1.807, 2.05) is 0 Å². The molecule has 0 heterocycles. The van der Waals surface area contributed by atoms with Crippen LogP contribution in [0.1, 0.15) is 31.9 Å². The highest BCUT2D eigenvalue weighted by Gasteiger charge is 2.26. The topological polar surface area (TPSA) is 6.48 Å². The van der Waals surface area contributed by atoms with Gasteiger partial charge in [0.05, 0.1) is 11.4 Å². The molecule has 0 aromatic heterocycles. The van der Waals surface area contributed by atoms with Gasteiger partial charge in [-0.05, 0) is 129 Å². The minimum atomic E-state index is -0.142. The first kappa shape index (κ1) is 39.1. The van der Waals surface area contributed by atoms with Crippen LogP contribution in [0.3, 0.4) is 0 Å². The van der Waals surface area contributed by atoms with Gasteiger partial charge in [-0.2, -0.15) is 0 Å². The molecule has 9 rings (SSSR count). The summed E-state index contributed by atoms with van der Waals surface area (Å²) in [5, 5.41) is 0. The Labute approximate surface area is 361 Å². The van der Waals surface area contributed by atoms with Crippen LogP contribution >= 0.6 is 0 Å². The molecular weight excluding hydrogens is 737 g/mol. The van der Waals surface area contributed by atoms with E-state index in [4.69, 9.17) is 0 Å².